The minimum absolute atomic E-state index is 0.141. The second kappa shape index (κ2) is 7.05. The number of hydrogen-bond acceptors (Lipinski definition) is 4. The van der Waals surface area contributed by atoms with Crippen LogP contribution in [0.5, 0.6) is 5.75 Å². The normalized spacial score (nSPS) is 12.3. The number of aromatic nitrogens is 1. The quantitative estimate of drug-likeness (QED) is 0.452. The van der Waals surface area contributed by atoms with Crippen LogP contribution in [-0.4, -0.2) is 10.1 Å². The molecule has 3 nitrogen and oxygen atoms in total. The molecule has 0 spiro atoms. The predicted octanol–water partition coefficient (Wildman–Crippen LogP) is 6.13. The number of anilines is 1. The van der Waals surface area contributed by atoms with Gasteiger partial charge in [-0.1, -0.05) is 36.4 Å². The van der Waals surface area contributed by atoms with Crippen molar-refractivity contribution in [2.75, 3.05) is 5.32 Å². The van der Waals surface area contributed by atoms with Crippen molar-refractivity contribution in [1.29, 1.82) is 0 Å². The molecule has 4 heteroatoms. The number of phenols is 1. The lowest BCUT2D eigenvalue weighted by Gasteiger charge is -2.22. The number of aromatic hydroxyl groups is 1. The highest BCUT2D eigenvalue weighted by Crippen LogP contribution is 2.38. The van der Waals surface area contributed by atoms with Crippen LogP contribution in [-0.2, 0) is 0 Å². The molecule has 27 heavy (non-hydrogen) atoms. The van der Waals surface area contributed by atoms with Crippen LogP contribution >= 0.6 is 11.3 Å². The third kappa shape index (κ3) is 3.28. The number of pyridine rings is 1. The molecule has 2 N–H and O–H groups in total. The van der Waals surface area contributed by atoms with Crippen molar-refractivity contribution in [1.82, 2.24) is 4.98 Å². The Morgan fingerprint density at radius 2 is 1.78 bits per heavy atom. The van der Waals surface area contributed by atoms with E-state index in [1.165, 1.54) is 11.1 Å². The zero-order valence-electron chi connectivity index (χ0n) is 15.7. The van der Waals surface area contributed by atoms with Crippen LogP contribution in [0.2, 0.25) is 0 Å². The summed E-state index contributed by atoms with van der Waals surface area (Å²) in [6.45, 7) is 6.17. The summed E-state index contributed by atoms with van der Waals surface area (Å²) in [6.07, 6.45) is 0. The molecule has 1 unspecified atom stereocenters. The molecule has 0 fully saturated rings. The van der Waals surface area contributed by atoms with Crippen molar-refractivity contribution in [3.8, 4) is 5.75 Å². The summed E-state index contributed by atoms with van der Waals surface area (Å²) in [4.78, 5) is 5.72. The highest BCUT2D eigenvalue weighted by atomic mass is 32.1. The molecular weight excluding hydrogens is 352 g/mol. The van der Waals surface area contributed by atoms with Gasteiger partial charge in [0.05, 0.1) is 6.04 Å². The molecule has 0 aliphatic heterocycles. The fraction of sp³-hybridized carbons (Fsp3) is 0.174. The number of phenolic OH excluding ortho intramolecular Hbond substituents is 1. The molecule has 0 aliphatic carbocycles. The lowest BCUT2D eigenvalue weighted by molar-refractivity contribution is 0.472. The summed E-state index contributed by atoms with van der Waals surface area (Å²) in [5, 5.41) is 17.7. The first-order valence-corrected chi connectivity index (χ1v) is 9.88. The zero-order chi connectivity index (χ0) is 19.0. The second-order valence-electron chi connectivity index (χ2n) is 6.87. The summed E-state index contributed by atoms with van der Waals surface area (Å²) in [7, 11) is 0. The second-order valence-corrected chi connectivity index (χ2v) is 7.85. The van der Waals surface area contributed by atoms with Gasteiger partial charge in [0, 0.05) is 27.2 Å². The Morgan fingerprint density at radius 1 is 0.963 bits per heavy atom. The van der Waals surface area contributed by atoms with E-state index in [-0.39, 0.29) is 11.8 Å². The monoisotopic (exact) mass is 374 g/mol. The van der Waals surface area contributed by atoms with Crippen LogP contribution in [0.3, 0.4) is 0 Å². The number of fused-ring (bicyclic) bond motifs is 1. The van der Waals surface area contributed by atoms with Crippen molar-refractivity contribution >= 4 is 27.9 Å². The predicted molar refractivity (Wildman–Crippen MR) is 114 cm³/mol. The first-order chi connectivity index (χ1) is 13.0. The third-order valence-electron chi connectivity index (χ3n) is 5.05. The van der Waals surface area contributed by atoms with Crippen molar-refractivity contribution in [2.45, 2.75) is 26.8 Å². The van der Waals surface area contributed by atoms with Gasteiger partial charge in [-0.25, -0.2) is 4.98 Å². The fourth-order valence-electron chi connectivity index (χ4n) is 3.34. The van der Waals surface area contributed by atoms with Crippen LogP contribution in [0.15, 0.2) is 60.0 Å². The summed E-state index contributed by atoms with van der Waals surface area (Å²) in [5.41, 5.74) is 5.91. The van der Waals surface area contributed by atoms with Gasteiger partial charge in [0.15, 0.2) is 0 Å². The molecule has 0 saturated heterocycles. The Hall–Kier alpha value is -2.85. The van der Waals surface area contributed by atoms with E-state index in [0.29, 0.717) is 5.52 Å². The van der Waals surface area contributed by atoms with E-state index in [1.807, 2.05) is 37.3 Å². The molecule has 0 amide bonds. The average Bonchev–Trinajstić information content (AvgIpc) is 3.19. The van der Waals surface area contributed by atoms with E-state index in [4.69, 9.17) is 0 Å². The summed E-state index contributed by atoms with van der Waals surface area (Å²) in [6, 6.07) is 18.2. The van der Waals surface area contributed by atoms with Crippen LogP contribution in [0.1, 0.15) is 33.3 Å². The van der Waals surface area contributed by atoms with Gasteiger partial charge >= 0.3 is 0 Å². The summed E-state index contributed by atoms with van der Waals surface area (Å²) in [5.74, 6) is 0.243. The molecule has 4 rings (SSSR count). The molecule has 0 saturated carbocycles. The van der Waals surface area contributed by atoms with Gasteiger partial charge in [-0.3, -0.25) is 0 Å². The van der Waals surface area contributed by atoms with Crippen molar-refractivity contribution < 1.29 is 5.11 Å². The Morgan fingerprint density at radius 3 is 2.56 bits per heavy atom. The zero-order valence-corrected chi connectivity index (χ0v) is 16.5. The maximum absolute atomic E-state index is 11.0. The number of rotatable bonds is 4. The van der Waals surface area contributed by atoms with Gasteiger partial charge in [0.2, 0.25) is 0 Å². The molecule has 2 heterocycles. The molecule has 2 aromatic heterocycles. The van der Waals surface area contributed by atoms with E-state index >= 15 is 0 Å². The largest absolute Gasteiger partial charge is 0.505 e. The van der Waals surface area contributed by atoms with Crippen LogP contribution < -0.4 is 5.32 Å². The van der Waals surface area contributed by atoms with Gasteiger partial charge in [0.25, 0.3) is 0 Å². The molecule has 0 aliphatic rings. The minimum Gasteiger partial charge on any atom is -0.505 e. The maximum atomic E-state index is 11.0. The Kier molecular flexibility index (Phi) is 4.58. The molecule has 136 valence electrons. The van der Waals surface area contributed by atoms with Crippen molar-refractivity contribution in [2.24, 2.45) is 0 Å². The Labute approximate surface area is 163 Å². The first kappa shape index (κ1) is 17.6. The maximum Gasteiger partial charge on any atom is 0.147 e. The number of nitrogens with zero attached hydrogens (tertiary/aromatic N) is 1. The molecular formula is C23H22N2OS. The van der Waals surface area contributed by atoms with Gasteiger partial charge in [-0.05, 0) is 55.5 Å². The molecule has 1 atom stereocenters. The number of nitrogens with one attached hydrogen (secondary N) is 1. The van der Waals surface area contributed by atoms with Gasteiger partial charge in [-0.15, -0.1) is 11.3 Å². The highest BCUT2D eigenvalue weighted by molar-refractivity contribution is 7.10. The van der Waals surface area contributed by atoms with Gasteiger partial charge in [-0.2, -0.15) is 0 Å². The van der Waals surface area contributed by atoms with E-state index in [9.17, 15) is 5.11 Å². The molecule has 0 radical (unpaired) electrons. The van der Waals surface area contributed by atoms with Crippen molar-refractivity contribution in [3.63, 3.8) is 0 Å². The third-order valence-corrected chi connectivity index (χ3v) is 5.99. The van der Waals surface area contributed by atoms with E-state index in [0.717, 1.165) is 27.2 Å². The Balaban J connectivity index is 1.86. The Bertz CT molecular complexity index is 1100. The van der Waals surface area contributed by atoms with Crippen LogP contribution in [0, 0.1) is 20.8 Å². The number of aryl methyl sites for hydroxylation is 2. The number of hydrogen-bond donors (Lipinski definition) is 2. The van der Waals surface area contributed by atoms with Crippen LogP contribution in [0.4, 0.5) is 5.69 Å². The average molecular weight is 375 g/mol. The standard InChI is InChI=1S/C23H22N2OS/c1-14-6-4-7-19(16(14)3)25-22(20-8-5-13-27-20)18-12-11-17-10-9-15(2)24-21(17)23(18)26/h4-13,22,25-26H,1-3H3. The lowest BCUT2D eigenvalue weighted by Crippen LogP contribution is -2.12. The summed E-state index contributed by atoms with van der Waals surface area (Å²) < 4.78 is 0. The van der Waals surface area contributed by atoms with Crippen molar-refractivity contribution in [3.05, 3.63) is 87.2 Å². The lowest BCUT2D eigenvalue weighted by atomic mass is 9.99. The molecule has 2 aromatic carbocycles. The number of thiophene rings is 1. The smallest absolute Gasteiger partial charge is 0.147 e. The van der Waals surface area contributed by atoms with Crippen LogP contribution in [0.25, 0.3) is 10.9 Å². The van der Waals surface area contributed by atoms with Gasteiger partial charge < -0.3 is 10.4 Å². The van der Waals surface area contributed by atoms with E-state index in [1.54, 1.807) is 11.3 Å². The van der Waals surface area contributed by atoms with Gasteiger partial charge in [0.1, 0.15) is 11.3 Å². The summed E-state index contributed by atoms with van der Waals surface area (Å²) >= 11 is 1.68. The first-order valence-electron chi connectivity index (χ1n) is 9.00. The van der Waals surface area contributed by atoms with E-state index < -0.39 is 0 Å². The molecule has 4 aromatic rings. The highest BCUT2D eigenvalue weighted by Gasteiger charge is 2.21. The molecule has 0 bridgehead atoms. The minimum atomic E-state index is -0.141. The SMILES string of the molecule is Cc1ccc2ccc(C(Nc3cccc(C)c3C)c3cccs3)c(O)c2n1. The fourth-order valence-corrected chi connectivity index (χ4v) is 4.13. The van der Waals surface area contributed by atoms with E-state index in [2.05, 4.69) is 53.8 Å². The topological polar surface area (TPSA) is 45.1 Å². The number of benzene rings is 2.